The van der Waals surface area contributed by atoms with E-state index >= 15 is 0 Å². The molecule has 0 aliphatic rings. The van der Waals surface area contributed by atoms with Crippen molar-refractivity contribution in [2.24, 2.45) is 0 Å². The van der Waals surface area contributed by atoms with E-state index in [4.69, 9.17) is 0 Å². The minimum absolute atomic E-state index is 0.882. The van der Waals surface area contributed by atoms with Crippen LogP contribution in [-0.2, 0) is 9.36 Å². The Hall–Kier alpha value is 0.0700. The van der Waals surface area contributed by atoms with Crippen molar-refractivity contribution < 1.29 is 22.5 Å². The molecule has 0 atom stereocenters. The standard InChI is InChI=1S/C2HCl2F3NO2P/c3-11(4,10)8-1(9)2(5,6)7/h(H,8,9,10). The van der Waals surface area contributed by atoms with Gasteiger partial charge in [-0.1, -0.05) is 0 Å². The summed E-state index contributed by atoms with van der Waals surface area (Å²) in [6.45, 7) is 0. The smallest absolute Gasteiger partial charge is 0.275 e. The van der Waals surface area contributed by atoms with E-state index in [1.54, 1.807) is 0 Å². The molecule has 66 valence electrons. The SMILES string of the molecule is O=C(NP(=O)(Cl)Cl)C(F)(F)F. The highest BCUT2D eigenvalue weighted by molar-refractivity contribution is 8.07. The van der Waals surface area contributed by atoms with Crippen LogP contribution in [0.3, 0.4) is 0 Å². The summed E-state index contributed by atoms with van der Waals surface area (Å²) in [4.78, 5) is 9.90. The summed E-state index contributed by atoms with van der Waals surface area (Å²) in [5.41, 5.74) is 0. The summed E-state index contributed by atoms with van der Waals surface area (Å²) < 4.78 is 44.2. The number of nitrogens with one attached hydrogen (secondary N) is 1. The average Bonchev–Trinajstić information content (AvgIpc) is 1.56. The Morgan fingerprint density at radius 2 is 1.73 bits per heavy atom. The molecule has 0 fully saturated rings. The summed E-state index contributed by atoms with van der Waals surface area (Å²) in [7, 11) is 0. The van der Waals surface area contributed by atoms with Crippen molar-refractivity contribution in [1.29, 1.82) is 0 Å². The van der Waals surface area contributed by atoms with Crippen LogP contribution < -0.4 is 5.09 Å². The van der Waals surface area contributed by atoms with Gasteiger partial charge in [0.25, 0.3) is 0 Å². The molecule has 0 spiro atoms. The summed E-state index contributed by atoms with van der Waals surface area (Å²) >= 11 is 9.25. The van der Waals surface area contributed by atoms with E-state index in [0.29, 0.717) is 0 Å². The molecule has 0 bridgehead atoms. The van der Waals surface area contributed by atoms with Gasteiger partial charge in [0, 0.05) is 0 Å². The third-order valence-corrected chi connectivity index (χ3v) is 1.46. The van der Waals surface area contributed by atoms with Crippen molar-refractivity contribution in [3.63, 3.8) is 0 Å². The lowest BCUT2D eigenvalue weighted by Crippen LogP contribution is -2.33. The first-order chi connectivity index (χ1) is 4.63. The van der Waals surface area contributed by atoms with Crippen LogP contribution in [0, 0.1) is 0 Å². The Morgan fingerprint density at radius 3 is 1.82 bits per heavy atom. The second-order valence-corrected chi connectivity index (χ2v) is 5.92. The van der Waals surface area contributed by atoms with Crippen LogP contribution in [0.1, 0.15) is 0 Å². The van der Waals surface area contributed by atoms with Crippen LogP contribution in [0.2, 0.25) is 0 Å². The lowest BCUT2D eigenvalue weighted by Gasteiger charge is -2.06. The van der Waals surface area contributed by atoms with Gasteiger partial charge in [-0.2, -0.15) is 13.2 Å². The number of alkyl halides is 3. The predicted molar refractivity (Wildman–Crippen MR) is 33.5 cm³/mol. The zero-order valence-corrected chi connectivity index (χ0v) is 7.06. The van der Waals surface area contributed by atoms with Crippen molar-refractivity contribution in [2.45, 2.75) is 6.18 Å². The van der Waals surface area contributed by atoms with Crippen LogP contribution in [0.15, 0.2) is 0 Å². The maximum atomic E-state index is 11.3. The van der Waals surface area contributed by atoms with E-state index in [-0.39, 0.29) is 0 Å². The molecule has 0 rings (SSSR count). The van der Waals surface area contributed by atoms with Gasteiger partial charge in [-0.05, 0) is 22.5 Å². The molecule has 1 N–H and O–H groups in total. The van der Waals surface area contributed by atoms with E-state index in [2.05, 4.69) is 22.5 Å². The van der Waals surface area contributed by atoms with Crippen LogP contribution >= 0.6 is 28.5 Å². The van der Waals surface area contributed by atoms with Gasteiger partial charge in [0.05, 0.1) is 0 Å². The lowest BCUT2D eigenvalue weighted by atomic mass is 10.6. The first kappa shape index (κ1) is 11.1. The molecule has 0 aliphatic carbocycles. The maximum absolute atomic E-state index is 11.3. The number of rotatable bonds is 1. The average molecular weight is 230 g/mol. The third-order valence-electron chi connectivity index (χ3n) is 0.489. The van der Waals surface area contributed by atoms with E-state index in [1.807, 2.05) is 0 Å². The van der Waals surface area contributed by atoms with E-state index in [9.17, 15) is 22.5 Å². The van der Waals surface area contributed by atoms with Crippen LogP contribution in [0.25, 0.3) is 0 Å². The topological polar surface area (TPSA) is 46.2 Å². The Labute approximate surface area is 68.8 Å². The van der Waals surface area contributed by atoms with Gasteiger partial charge in [0.15, 0.2) is 0 Å². The molecule has 1 amide bonds. The molecule has 0 heterocycles. The number of carbonyl (C=O) groups excluding carboxylic acids is 1. The summed E-state index contributed by atoms with van der Waals surface area (Å²) in [5, 5.41) is 0.882. The quantitative estimate of drug-likeness (QED) is 0.702. The number of amides is 1. The Kier molecular flexibility index (Phi) is 3.23. The van der Waals surface area contributed by atoms with Crippen molar-refractivity contribution in [1.82, 2.24) is 5.09 Å². The number of carbonyl (C=O) groups is 1. The number of hydrogen-bond donors (Lipinski definition) is 1. The van der Waals surface area contributed by atoms with Crippen molar-refractivity contribution >= 4 is 34.4 Å². The number of hydrogen-bond acceptors (Lipinski definition) is 2. The molecular weight excluding hydrogens is 229 g/mol. The molecule has 0 aromatic carbocycles. The second-order valence-electron chi connectivity index (χ2n) is 1.40. The molecule has 0 radical (unpaired) electrons. The first-order valence-electron chi connectivity index (χ1n) is 2.02. The Bertz CT molecular complexity index is 210. The van der Waals surface area contributed by atoms with Gasteiger partial charge in [0.2, 0.25) is 0 Å². The van der Waals surface area contributed by atoms with Gasteiger partial charge in [-0.25, -0.2) is 0 Å². The maximum Gasteiger partial charge on any atom is 0.471 e. The van der Waals surface area contributed by atoms with Crippen molar-refractivity contribution in [3.05, 3.63) is 0 Å². The Balaban J connectivity index is 4.23. The zero-order valence-electron chi connectivity index (χ0n) is 4.65. The largest absolute Gasteiger partial charge is 0.471 e. The molecule has 0 aliphatic heterocycles. The minimum Gasteiger partial charge on any atom is -0.275 e. The number of halogens is 5. The molecule has 0 unspecified atom stereocenters. The van der Waals surface area contributed by atoms with Crippen LogP contribution in [0.5, 0.6) is 0 Å². The van der Waals surface area contributed by atoms with Gasteiger partial charge in [-0.15, -0.1) is 0 Å². The molecule has 3 nitrogen and oxygen atoms in total. The molecule has 11 heavy (non-hydrogen) atoms. The molecule has 0 aromatic rings. The molecule has 0 saturated heterocycles. The van der Waals surface area contributed by atoms with Gasteiger partial charge in [-0.3, -0.25) is 14.4 Å². The second kappa shape index (κ2) is 3.21. The fraction of sp³-hybridized carbons (Fsp3) is 0.500. The molecular formula is C2HCl2F3NO2P. The lowest BCUT2D eigenvalue weighted by molar-refractivity contribution is -0.171. The highest BCUT2D eigenvalue weighted by atomic mass is 35.9. The fourth-order valence-electron chi connectivity index (χ4n) is 0.182. The zero-order chi connectivity index (χ0) is 9.28. The van der Waals surface area contributed by atoms with Crippen molar-refractivity contribution in [3.8, 4) is 0 Å². The van der Waals surface area contributed by atoms with E-state index in [0.717, 1.165) is 5.09 Å². The summed E-state index contributed by atoms with van der Waals surface area (Å²) in [5.74, 6) is -6.62. The normalized spacial score (nSPS) is 12.8. The highest BCUT2D eigenvalue weighted by Crippen LogP contribution is 2.52. The van der Waals surface area contributed by atoms with E-state index in [1.165, 1.54) is 0 Å². The minimum atomic E-state index is -5.13. The molecule has 9 heteroatoms. The van der Waals surface area contributed by atoms with Gasteiger partial charge < -0.3 is 0 Å². The predicted octanol–water partition coefficient (Wildman–Crippen LogP) is 2.25. The van der Waals surface area contributed by atoms with Crippen molar-refractivity contribution in [2.75, 3.05) is 0 Å². The van der Waals surface area contributed by atoms with Crippen LogP contribution in [-0.4, -0.2) is 12.1 Å². The van der Waals surface area contributed by atoms with Gasteiger partial charge >= 0.3 is 18.1 Å². The first-order valence-corrected chi connectivity index (χ1v) is 5.53. The molecule has 0 aromatic heterocycles. The van der Waals surface area contributed by atoms with Gasteiger partial charge in [0.1, 0.15) is 0 Å². The Morgan fingerprint density at radius 1 is 1.36 bits per heavy atom. The van der Waals surface area contributed by atoms with E-state index < -0.39 is 18.1 Å². The molecule has 0 saturated carbocycles. The summed E-state index contributed by atoms with van der Waals surface area (Å²) in [6.07, 6.45) is -5.13. The monoisotopic (exact) mass is 229 g/mol. The summed E-state index contributed by atoms with van der Waals surface area (Å²) in [6, 6.07) is 0. The third kappa shape index (κ3) is 5.35. The van der Waals surface area contributed by atoms with Crippen LogP contribution in [0.4, 0.5) is 13.2 Å². The fourth-order valence-corrected chi connectivity index (χ4v) is 1.01. The highest BCUT2D eigenvalue weighted by Gasteiger charge is 2.41.